The van der Waals surface area contributed by atoms with Gasteiger partial charge in [0.2, 0.25) is 0 Å². The summed E-state index contributed by atoms with van der Waals surface area (Å²) in [5, 5.41) is 5.64. The number of thiazole rings is 1. The number of aromatic nitrogens is 1. The van der Waals surface area contributed by atoms with Crippen LogP contribution in [-0.2, 0) is 6.54 Å². The quantitative estimate of drug-likeness (QED) is 0.816. The van der Waals surface area contributed by atoms with Crippen LogP contribution in [0.1, 0.15) is 18.7 Å². The maximum atomic E-state index is 6.13. The standard InChI is InChI=1S/C14H17Cl2N3S/c1-3-19(4-2)14-18-9-11(20-14)8-17-13-6-5-10(15)7-12(13)16/h5-7,9,17H,3-4,8H2,1-2H3. The molecule has 1 aromatic carbocycles. The molecule has 2 aromatic rings. The van der Waals surface area contributed by atoms with Gasteiger partial charge in [-0.05, 0) is 32.0 Å². The highest BCUT2D eigenvalue weighted by Crippen LogP contribution is 2.27. The molecule has 1 N–H and O–H groups in total. The van der Waals surface area contributed by atoms with Gasteiger partial charge in [-0.3, -0.25) is 0 Å². The molecule has 0 saturated heterocycles. The van der Waals surface area contributed by atoms with E-state index >= 15 is 0 Å². The Morgan fingerprint density at radius 3 is 2.65 bits per heavy atom. The van der Waals surface area contributed by atoms with E-state index in [1.807, 2.05) is 18.3 Å². The van der Waals surface area contributed by atoms with Crippen LogP contribution in [0.5, 0.6) is 0 Å². The fourth-order valence-electron chi connectivity index (χ4n) is 1.83. The topological polar surface area (TPSA) is 28.2 Å². The van der Waals surface area contributed by atoms with Crippen molar-refractivity contribution in [2.45, 2.75) is 20.4 Å². The van der Waals surface area contributed by atoms with Crippen LogP contribution in [-0.4, -0.2) is 18.1 Å². The Hall–Kier alpha value is -0.970. The summed E-state index contributed by atoms with van der Waals surface area (Å²) in [4.78, 5) is 7.88. The van der Waals surface area contributed by atoms with E-state index in [-0.39, 0.29) is 0 Å². The van der Waals surface area contributed by atoms with Crippen molar-refractivity contribution >= 4 is 45.4 Å². The molecule has 0 aliphatic carbocycles. The Bertz CT molecular complexity index is 567. The number of nitrogens with zero attached hydrogens (tertiary/aromatic N) is 2. The van der Waals surface area contributed by atoms with E-state index in [0.717, 1.165) is 23.9 Å². The van der Waals surface area contributed by atoms with Crippen LogP contribution in [0.4, 0.5) is 10.8 Å². The molecule has 0 radical (unpaired) electrons. The molecule has 0 bridgehead atoms. The van der Waals surface area contributed by atoms with Crippen molar-refractivity contribution in [2.24, 2.45) is 0 Å². The van der Waals surface area contributed by atoms with Crippen molar-refractivity contribution in [2.75, 3.05) is 23.3 Å². The molecular weight excluding hydrogens is 313 g/mol. The maximum Gasteiger partial charge on any atom is 0.185 e. The summed E-state index contributed by atoms with van der Waals surface area (Å²) in [5.74, 6) is 0. The normalized spacial score (nSPS) is 10.6. The molecule has 0 fully saturated rings. The molecule has 0 saturated carbocycles. The molecule has 0 aliphatic rings. The number of benzene rings is 1. The van der Waals surface area contributed by atoms with Crippen molar-refractivity contribution < 1.29 is 0 Å². The minimum atomic E-state index is 0.631. The lowest BCUT2D eigenvalue weighted by molar-refractivity contribution is 0.860. The first kappa shape index (κ1) is 15.4. The van der Waals surface area contributed by atoms with E-state index in [1.54, 1.807) is 17.4 Å². The zero-order valence-electron chi connectivity index (χ0n) is 11.5. The highest BCUT2D eigenvalue weighted by atomic mass is 35.5. The second-order valence-corrected chi connectivity index (χ2v) is 6.20. The lowest BCUT2D eigenvalue weighted by Gasteiger charge is -2.16. The van der Waals surface area contributed by atoms with Crippen LogP contribution < -0.4 is 10.2 Å². The van der Waals surface area contributed by atoms with E-state index in [9.17, 15) is 0 Å². The van der Waals surface area contributed by atoms with Crippen molar-refractivity contribution in [3.05, 3.63) is 39.3 Å². The van der Waals surface area contributed by atoms with Gasteiger partial charge in [0, 0.05) is 29.2 Å². The van der Waals surface area contributed by atoms with Crippen LogP contribution in [0, 0.1) is 0 Å². The Balaban J connectivity index is 2.00. The molecule has 2 rings (SSSR count). The summed E-state index contributed by atoms with van der Waals surface area (Å²) in [7, 11) is 0. The third kappa shape index (κ3) is 3.78. The Morgan fingerprint density at radius 2 is 2.00 bits per heavy atom. The zero-order chi connectivity index (χ0) is 14.5. The number of hydrogen-bond acceptors (Lipinski definition) is 4. The largest absolute Gasteiger partial charge is 0.379 e. The summed E-state index contributed by atoms with van der Waals surface area (Å²) in [6.45, 7) is 6.92. The van der Waals surface area contributed by atoms with Crippen LogP contribution in [0.25, 0.3) is 0 Å². The predicted octanol–water partition coefficient (Wildman–Crippen LogP) is 4.91. The molecule has 1 aromatic heterocycles. The highest BCUT2D eigenvalue weighted by Gasteiger charge is 2.08. The molecule has 0 unspecified atom stereocenters. The van der Waals surface area contributed by atoms with Gasteiger partial charge >= 0.3 is 0 Å². The second kappa shape index (κ2) is 7.16. The van der Waals surface area contributed by atoms with Gasteiger partial charge in [0.1, 0.15) is 0 Å². The summed E-state index contributed by atoms with van der Waals surface area (Å²) < 4.78 is 0. The molecule has 3 nitrogen and oxygen atoms in total. The molecule has 0 amide bonds. The average molecular weight is 330 g/mol. The van der Waals surface area contributed by atoms with Gasteiger partial charge < -0.3 is 10.2 Å². The molecule has 6 heteroatoms. The van der Waals surface area contributed by atoms with E-state index in [2.05, 4.69) is 29.0 Å². The van der Waals surface area contributed by atoms with Gasteiger partial charge in [0.15, 0.2) is 5.13 Å². The van der Waals surface area contributed by atoms with Crippen molar-refractivity contribution in [1.82, 2.24) is 4.98 Å². The lowest BCUT2D eigenvalue weighted by atomic mass is 10.3. The summed E-state index contributed by atoms with van der Waals surface area (Å²) in [6.07, 6.45) is 1.91. The van der Waals surface area contributed by atoms with E-state index in [1.165, 1.54) is 4.88 Å². The van der Waals surface area contributed by atoms with E-state index in [0.29, 0.717) is 16.6 Å². The first-order valence-corrected chi connectivity index (χ1v) is 8.09. The van der Waals surface area contributed by atoms with Gasteiger partial charge in [0.05, 0.1) is 17.3 Å². The first-order valence-electron chi connectivity index (χ1n) is 6.52. The number of halogens is 2. The Kier molecular flexibility index (Phi) is 5.52. The monoisotopic (exact) mass is 329 g/mol. The van der Waals surface area contributed by atoms with Crippen molar-refractivity contribution in [1.29, 1.82) is 0 Å². The molecule has 0 atom stereocenters. The maximum absolute atomic E-state index is 6.13. The first-order chi connectivity index (χ1) is 9.63. The number of rotatable bonds is 6. The fourth-order valence-corrected chi connectivity index (χ4v) is 3.29. The van der Waals surface area contributed by atoms with Gasteiger partial charge in [-0.25, -0.2) is 4.98 Å². The summed E-state index contributed by atoms with van der Waals surface area (Å²) in [6, 6.07) is 5.44. The third-order valence-electron chi connectivity index (χ3n) is 2.96. The Morgan fingerprint density at radius 1 is 1.25 bits per heavy atom. The molecular formula is C14H17Cl2N3S. The Labute approximate surface area is 133 Å². The van der Waals surface area contributed by atoms with Crippen LogP contribution >= 0.6 is 34.5 Å². The van der Waals surface area contributed by atoms with Gasteiger partial charge in [-0.15, -0.1) is 11.3 Å². The van der Waals surface area contributed by atoms with Crippen molar-refractivity contribution in [3.63, 3.8) is 0 Å². The van der Waals surface area contributed by atoms with E-state index in [4.69, 9.17) is 23.2 Å². The average Bonchev–Trinajstić information content (AvgIpc) is 2.88. The third-order valence-corrected chi connectivity index (χ3v) is 4.57. The van der Waals surface area contributed by atoms with Gasteiger partial charge in [0.25, 0.3) is 0 Å². The number of anilines is 2. The second-order valence-electron chi connectivity index (χ2n) is 4.26. The molecule has 0 spiro atoms. The minimum absolute atomic E-state index is 0.631. The predicted molar refractivity (Wildman–Crippen MR) is 89.5 cm³/mol. The summed E-state index contributed by atoms with van der Waals surface area (Å²) in [5.41, 5.74) is 0.883. The fraction of sp³-hybridized carbons (Fsp3) is 0.357. The van der Waals surface area contributed by atoms with Gasteiger partial charge in [-0.1, -0.05) is 23.2 Å². The SMILES string of the molecule is CCN(CC)c1ncc(CNc2ccc(Cl)cc2Cl)s1. The molecule has 20 heavy (non-hydrogen) atoms. The number of hydrogen-bond donors (Lipinski definition) is 1. The highest BCUT2D eigenvalue weighted by molar-refractivity contribution is 7.15. The van der Waals surface area contributed by atoms with Crippen LogP contribution in [0.3, 0.4) is 0 Å². The van der Waals surface area contributed by atoms with Crippen molar-refractivity contribution in [3.8, 4) is 0 Å². The van der Waals surface area contributed by atoms with Crippen LogP contribution in [0.2, 0.25) is 10.0 Å². The summed E-state index contributed by atoms with van der Waals surface area (Å²) >= 11 is 13.7. The smallest absolute Gasteiger partial charge is 0.185 e. The lowest BCUT2D eigenvalue weighted by Crippen LogP contribution is -2.21. The minimum Gasteiger partial charge on any atom is -0.379 e. The molecule has 108 valence electrons. The molecule has 1 heterocycles. The molecule has 0 aliphatic heterocycles. The van der Waals surface area contributed by atoms with E-state index < -0.39 is 0 Å². The zero-order valence-corrected chi connectivity index (χ0v) is 13.8. The van der Waals surface area contributed by atoms with Crippen LogP contribution in [0.15, 0.2) is 24.4 Å². The number of nitrogens with one attached hydrogen (secondary N) is 1. The van der Waals surface area contributed by atoms with Gasteiger partial charge in [-0.2, -0.15) is 0 Å².